The molecule has 7 heteroatoms. The molecule has 158 valence electrons. The smallest absolute Gasteiger partial charge is 0.128 e. The summed E-state index contributed by atoms with van der Waals surface area (Å²) in [6.45, 7) is 2.74. The average Bonchev–Trinajstić information content (AvgIpc) is 2.68. The molecule has 0 heterocycles. The lowest BCUT2D eigenvalue weighted by molar-refractivity contribution is 0.268. The summed E-state index contributed by atoms with van der Waals surface area (Å²) in [6, 6.07) is 7.14. The molecule has 0 amide bonds. The van der Waals surface area contributed by atoms with Gasteiger partial charge in [0.2, 0.25) is 0 Å². The monoisotopic (exact) mass is 412 g/mol. The summed E-state index contributed by atoms with van der Waals surface area (Å²) in [5.41, 5.74) is 2.63. The summed E-state index contributed by atoms with van der Waals surface area (Å²) in [6.07, 6.45) is 0.166. The Morgan fingerprint density at radius 3 is 1.30 bits per heavy atom. The van der Waals surface area contributed by atoms with Gasteiger partial charge in [0.25, 0.3) is 0 Å². The lowest BCUT2D eigenvalue weighted by atomic mass is 9.93. The summed E-state index contributed by atoms with van der Waals surface area (Å²) in [7, 11) is 0. The minimum absolute atomic E-state index is 0.0545. The fourth-order valence-electron chi connectivity index (χ4n) is 3.45. The standard InChI is InChI=1S/C23H24O7/c1-11-3-13(20(27)8-18(11)25)5-15-7-16(23(30)17(10-24)22(15)29)6-14-4-12(2)19(26)9-21(14)28/h3-4,7-9,24-30H,5-6,10H2,1-2H3. The molecular weight excluding hydrogens is 388 g/mol. The molecule has 0 radical (unpaired) electrons. The molecular formula is C23H24O7. The van der Waals surface area contributed by atoms with Crippen molar-refractivity contribution in [2.24, 2.45) is 0 Å². The molecule has 0 saturated carbocycles. The second kappa shape index (κ2) is 8.04. The van der Waals surface area contributed by atoms with Crippen molar-refractivity contribution in [2.45, 2.75) is 33.3 Å². The highest BCUT2D eigenvalue weighted by Crippen LogP contribution is 2.39. The maximum absolute atomic E-state index is 10.5. The maximum Gasteiger partial charge on any atom is 0.128 e. The van der Waals surface area contributed by atoms with E-state index in [-0.39, 0.29) is 52.9 Å². The second-order valence-electron chi connectivity index (χ2n) is 7.42. The van der Waals surface area contributed by atoms with Gasteiger partial charge < -0.3 is 35.7 Å². The van der Waals surface area contributed by atoms with Crippen molar-refractivity contribution in [1.29, 1.82) is 0 Å². The number of hydrogen-bond donors (Lipinski definition) is 7. The van der Waals surface area contributed by atoms with Crippen LogP contribution in [-0.4, -0.2) is 35.7 Å². The quantitative estimate of drug-likeness (QED) is 0.341. The lowest BCUT2D eigenvalue weighted by Crippen LogP contribution is -2.00. The van der Waals surface area contributed by atoms with Crippen LogP contribution in [0.1, 0.15) is 38.9 Å². The van der Waals surface area contributed by atoms with E-state index in [2.05, 4.69) is 0 Å². The van der Waals surface area contributed by atoms with Gasteiger partial charge in [0.05, 0.1) is 12.2 Å². The molecule has 0 aliphatic rings. The Hall–Kier alpha value is -3.58. The van der Waals surface area contributed by atoms with Gasteiger partial charge in [-0.2, -0.15) is 0 Å². The zero-order chi connectivity index (χ0) is 22.2. The highest BCUT2D eigenvalue weighted by molar-refractivity contribution is 5.58. The molecule has 3 rings (SSSR count). The van der Waals surface area contributed by atoms with E-state index in [1.807, 2.05) is 0 Å². The van der Waals surface area contributed by atoms with E-state index in [1.54, 1.807) is 26.0 Å². The molecule has 0 atom stereocenters. The molecule has 0 spiro atoms. The molecule has 0 fully saturated rings. The molecule has 7 N–H and O–H groups in total. The van der Waals surface area contributed by atoms with Crippen molar-refractivity contribution in [3.8, 4) is 34.5 Å². The third-order valence-corrected chi connectivity index (χ3v) is 5.24. The average molecular weight is 412 g/mol. The predicted octanol–water partition coefficient (Wildman–Crippen LogP) is 3.21. The number of phenolic OH excluding ortho intramolecular Hbond substituents is 4. The zero-order valence-corrected chi connectivity index (χ0v) is 16.6. The zero-order valence-electron chi connectivity index (χ0n) is 16.6. The van der Waals surface area contributed by atoms with Crippen molar-refractivity contribution in [3.05, 3.63) is 69.3 Å². The van der Waals surface area contributed by atoms with E-state index < -0.39 is 6.61 Å². The van der Waals surface area contributed by atoms with Crippen LogP contribution in [0.5, 0.6) is 34.5 Å². The number of aliphatic hydroxyl groups is 1. The summed E-state index contributed by atoms with van der Waals surface area (Å²) in [5, 5.41) is 70.5. The molecule has 3 aromatic rings. The molecule has 7 nitrogen and oxygen atoms in total. The van der Waals surface area contributed by atoms with Crippen LogP contribution in [0.3, 0.4) is 0 Å². The molecule has 0 unspecified atom stereocenters. The van der Waals surface area contributed by atoms with Crippen LogP contribution >= 0.6 is 0 Å². The first-order valence-electron chi connectivity index (χ1n) is 9.31. The summed E-state index contributed by atoms with van der Waals surface area (Å²) in [4.78, 5) is 0. The first-order chi connectivity index (χ1) is 14.1. The minimum atomic E-state index is -0.611. The first-order valence-corrected chi connectivity index (χ1v) is 9.31. The van der Waals surface area contributed by atoms with Crippen LogP contribution in [0.25, 0.3) is 0 Å². The number of aryl methyl sites for hydroxylation is 2. The fraction of sp³-hybridized carbons (Fsp3) is 0.217. The molecule has 0 bridgehead atoms. The minimum Gasteiger partial charge on any atom is -0.508 e. The van der Waals surface area contributed by atoms with E-state index in [0.717, 1.165) is 0 Å². The van der Waals surface area contributed by atoms with E-state index in [9.17, 15) is 35.7 Å². The number of benzene rings is 3. The topological polar surface area (TPSA) is 142 Å². The highest BCUT2D eigenvalue weighted by Gasteiger charge is 2.20. The van der Waals surface area contributed by atoms with Crippen LogP contribution in [-0.2, 0) is 19.4 Å². The van der Waals surface area contributed by atoms with Gasteiger partial charge in [-0.15, -0.1) is 0 Å². The van der Waals surface area contributed by atoms with Gasteiger partial charge in [-0.25, -0.2) is 0 Å². The summed E-state index contributed by atoms with van der Waals surface area (Å²) < 4.78 is 0. The van der Waals surface area contributed by atoms with E-state index in [0.29, 0.717) is 33.4 Å². The predicted molar refractivity (Wildman–Crippen MR) is 110 cm³/mol. The van der Waals surface area contributed by atoms with Gasteiger partial charge in [0, 0.05) is 25.0 Å². The Morgan fingerprint density at radius 2 is 0.933 bits per heavy atom. The van der Waals surface area contributed by atoms with Crippen molar-refractivity contribution < 1.29 is 35.7 Å². The molecule has 0 aromatic heterocycles. The Labute approximate surface area is 173 Å². The number of aromatic hydroxyl groups is 6. The maximum atomic E-state index is 10.5. The summed E-state index contributed by atoms with van der Waals surface area (Å²) >= 11 is 0. The number of phenols is 6. The van der Waals surface area contributed by atoms with Crippen molar-refractivity contribution >= 4 is 0 Å². The van der Waals surface area contributed by atoms with Crippen molar-refractivity contribution in [3.63, 3.8) is 0 Å². The van der Waals surface area contributed by atoms with Crippen LogP contribution in [0.15, 0.2) is 30.3 Å². The highest BCUT2D eigenvalue weighted by atomic mass is 16.3. The number of rotatable bonds is 5. The van der Waals surface area contributed by atoms with Gasteiger partial charge in [-0.3, -0.25) is 0 Å². The van der Waals surface area contributed by atoms with Crippen molar-refractivity contribution in [1.82, 2.24) is 0 Å². The molecule has 0 aliphatic carbocycles. The Morgan fingerprint density at radius 1 is 0.533 bits per heavy atom. The Bertz CT molecular complexity index is 1040. The number of hydrogen-bond acceptors (Lipinski definition) is 7. The molecule has 30 heavy (non-hydrogen) atoms. The van der Waals surface area contributed by atoms with E-state index in [1.165, 1.54) is 18.2 Å². The van der Waals surface area contributed by atoms with E-state index in [4.69, 9.17) is 0 Å². The third kappa shape index (κ3) is 3.92. The molecule has 0 saturated heterocycles. The third-order valence-electron chi connectivity index (χ3n) is 5.24. The lowest BCUT2D eigenvalue weighted by Gasteiger charge is -2.17. The Balaban J connectivity index is 2.08. The first kappa shape index (κ1) is 21.1. The largest absolute Gasteiger partial charge is 0.508 e. The molecule has 3 aromatic carbocycles. The van der Waals surface area contributed by atoms with Gasteiger partial charge in [0.15, 0.2) is 0 Å². The van der Waals surface area contributed by atoms with Crippen LogP contribution in [0.4, 0.5) is 0 Å². The van der Waals surface area contributed by atoms with Crippen LogP contribution in [0.2, 0.25) is 0 Å². The second-order valence-corrected chi connectivity index (χ2v) is 7.42. The van der Waals surface area contributed by atoms with Crippen LogP contribution in [0, 0.1) is 13.8 Å². The van der Waals surface area contributed by atoms with Gasteiger partial charge in [0.1, 0.15) is 34.5 Å². The molecule has 0 aliphatic heterocycles. The van der Waals surface area contributed by atoms with Gasteiger partial charge >= 0.3 is 0 Å². The SMILES string of the molecule is Cc1cc(Cc2cc(Cc3cc(C)c(O)cc3O)c(O)c(CO)c2O)c(O)cc1O. The van der Waals surface area contributed by atoms with Gasteiger partial charge in [-0.05, 0) is 65.4 Å². The number of aliphatic hydroxyl groups excluding tert-OH is 1. The Kier molecular flexibility index (Phi) is 5.67. The van der Waals surface area contributed by atoms with Gasteiger partial charge in [-0.1, -0.05) is 0 Å². The normalized spacial score (nSPS) is 11.0. The summed E-state index contributed by atoms with van der Waals surface area (Å²) in [5.74, 6) is -0.999. The van der Waals surface area contributed by atoms with Crippen molar-refractivity contribution in [2.75, 3.05) is 0 Å². The van der Waals surface area contributed by atoms with Crippen LogP contribution < -0.4 is 0 Å². The fourth-order valence-corrected chi connectivity index (χ4v) is 3.45. The van der Waals surface area contributed by atoms with E-state index >= 15 is 0 Å².